The first-order valence-electron chi connectivity index (χ1n) is 14.0. The lowest BCUT2D eigenvalue weighted by molar-refractivity contribution is 1.11. The van der Waals surface area contributed by atoms with Crippen LogP contribution in [0.4, 0.5) is 0 Å². The van der Waals surface area contributed by atoms with E-state index in [1.807, 2.05) is 0 Å². The summed E-state index contributed by atoms with van der Waals surface area (Å²) in [7, 11) is 0. The van der Waals surface area contributed by atoms with Crippen molar-refractivity contribution in [1.29, 1.82) is 0 Å². The minimum atomic E-state index is 0.836. The Bertz CT molecular complexity index is 2210. The van der Waals surface area contributed by atoms with Crippen molar-refractivity contribution in [1.82, 2.24) is 19.2 Å². The number of hydrogen-bond acceptors (Lipinski definition) is 2. The molecule has 0 aliphatic heterocycles. The largest absolute Gasteiger partial charge is 0.309 e. The van der Waals surface area contributed by atoms with Crippen LogP contribution >= 0.6 is 0 Å². The van der Waals surface area contributed by atoms with E-state index < -0.39 is 0 Å². The number of rotatable bonds is 3. The zero-order valence-corrected chi connectivity index (χ0v) is 23.3. The number of aromatic nitrogens is 4. The third-order valence-electron chi connectivity index (χ3n) is 8.32. The minimum Gasteiger partial charge on any atom is -0.309 e. The molecule has 0 aliphatic rings. The predicted octanol–water partition coefficient (Wildman–Crippen LogP) is 9.24. The van der Waals surface area contributed by atoms with Gasteiger partial charge in [0.15, 0.2) is 11.5 Å². The van der Waals surface area contributed by atoms with Crippen molar-refractivity contribution in [3.8, 4) is 28.2 Å². The Morgan fingerprint density at radius 2 is 1.12 bits per heavy atom. The molecule has 0 fully saturated rings. The van der Waals surface area contributed by atoms with E-state index in [0.717, 1.165) is 28.1 Å². The fourth-order valence-corrected chi connectivity index (χ4v) is 6.67. The van der Waals surface area contributed by atoms with Gasteiger partial charge in [0, 0.05) is 39.2 Å². The highest BCUT2D eigenvalue weighted by atomic mass is 15.2. The maximum atomic E-state index is 4.71. The van der Waals surface area contributed by atoms with Crippen LogP contribution in [0.2, 0.25) is 0 Å². The highest BCUT2D eigenvalue weighted by Gasteiger charge is 2.18. The summed E-state index contributed by atoms with van der Waals surface area (Å²) < 4.78 is 4.50. The van der Waals surface area contributed by atoms with E-state index in [0.29, 0.717) is 0 Å². The Morgan fingerprint density at radius 3 is 1.76 bits per heavy atom. The van der Waals surface area contributed by atoms with Gasteiger partial charge in [0.2, 0.25) is 0 Å². The molecular weight excluding hydrogens is 500 g/mol. The second-order valence-corrected chi connectivity index (χ2v) is 11.0. The molecule has 41 heavy (non-hydrogen) atoms. The van der Waals surface area contributed by atoms with E-state index in [-0.39, 0.29) is 0 Å². The monoisotopic (exact) mass is 528 g/mol. The lowest BCUT2D eigenvalue weighted by Gasteiger charge is -2.15. The van der Waals surface area contributed by atoms with Crippen LogP contribution in [0.15, 0.2) is 115 Å². The van der Waals surface area contributed by atoms with Gasteiger partial charge >= 0.3 is 0 Å². The lowest BCUT2D eigenvalue weighted by Crippen LogP contribution is -1.97. The smallest absolute Gasteiger partial charge is 0.169 e. The summed E-state index contributed by atoms with van der Waals surface area (Å²) in [5.74, 6) is 0.836. The zero-order chi connectivity index (χ0) is 27.7. The number of hydrogen-bond donors (Lipinski definition) is 0. The molecule has 0 bridgehead atoms. The van der Waals surface area contributed by atoms with Gasteiger partial charge in [-0.2, -0.15) is 0 Å². The number of aryl methyl sites for hydroxylation is 3. The molecule has 0 unspecified atom stereocenters. The minimum absolute atomic E-state index is 0.836. The average Bonchev–Trinajstić information content (AvgIpc) is 3.56. The van der Waals surface area contributed by atoms with Crippen LogP contribution in [0.3, 0.4) is 0 Å². The van der Waals surface area contributed by atoms with Crippen molar-refractivity contribution in [2.45, 2.75) is 20.8 Å². The molecule has 8 rings (SSSR count). The van der Waals surface area contributed by atoms with Crippen LogP contribution < -0.4 is 0 Å². The van der Waals surface area contributed by atoms with Gasteiger partial charge in [0.25, 0.3) is 0 Å². The van der Waals surface area contributed by atoms with Crippen molar-refractivity contribution >= 4 is 38.2 Å². The molecule has 0 saturated carbocycles. The van der Waals surface area contributed by atoms with Gasteiger partial charge in [-0.15, -0.1) is 10.2 Å². The second kappa shape index (κ2) is 8.90. The number of nitrogens with zero attached hydrogens (tertiary/aromatic N) is 4. The van der Waals surface area contributed by atoms with Crippen molar-refractivity contribution in [2.75, 3.05) is 0 Å². The lowest BCUT2D eigenvalue weighted by atomic mass is 9.92. The highest BCUT2D eigenvalue weighted by Crippen LogP contribution is 2.37. The predicted molar refractivity (Wildman–Crippen MR) is 170 cm³/mol. The number of para-hydroxylation sites is 2. The topological polar surface area (TPSA) is 35.1 Å². The van der Waals surface area contributed by atoms with E-state index in [1.54, 1.807) is 0 Å². The molecule has 0 aliphatic carbocycles. The van der Waals surface area contributed by atoms with E-state index in [4.69, 9.17) is 5.10 Å². The van der Waals surface area contributed by atoms with Crippen LogP contribution in [0, 0.1) is 20.8 Å². The molecule has 3 heterocycles. The molecule has 8 aromatic rings. The number of benzene rings is 5. The second-order valence-electron chi connectivity index (χ2n) is 11.0. The Labute approximate surface area is 238 Å². The summed E-state index contributed by atoms with van der Waals surface area (Å²) >= 11 is 0. The van der Waals surface area contributed by atoms with Crippen LogP contribution in [-0.4, -0.2) is 19.2 Å². The van der Waals surface area contributed by atoms with Crippen molar-refractivity contribution < 1.29 is 0 Å². The average molecular weight is 529 g/mol. The van der Waals surface area contributed by atoms with Crippen LogP contribution in [0.1, 0.15) is 16.7 Å². The van der Waals surface area contributed by atoms with E-state index in [9.17, 15) is 0 Å². The Morgan fingerprint density at radius 1 is 0.561 bits per heavy atom. The normalized spacial score (nSPS) is 11.8. The van der Waals surface area contributed by atoms with Gasteiger partial charge in [-0.3, -0.25) is 4.40 Å². The molecule has 0 saturated heterocycles. The first kappa shape index (κ1) is 23.6. The van der Waals surface area contributed by atoms with Gasteiger partial charge in [0.1, 0.15) is 0 Å². The van der Waals surface area contributed by atoms with Gasteiger partial charge in [0.05, 0.1) is 11.0 Å². The van der Waals surface area contributed by atoms with Gasteiger partial charge < -0.3 is 4.57 Å². The van der Waals surface area contributed by atoms with Gasteiger partial charge in [-0.1, -0.05) is 78.4 Å². The molecule has 196 valence electrons. The molecule has 0 N–H and O–H groups in total. The molecule has 0 atom stereocenters. The first-order chi connectivity index (χ1) is 20.1. The number of pyridine rings is 1. The molecule has 3 aromatic heterocycles. The van der Waals surface area contributed by atoms with Crippen LogP contribution in [0.25, 0.3) is 66.4 Å². The third kappa shape index (κ3) is 3.54. The molecule has 5 aromatic carbocycles. The van der Waals surface area contributed by atoms with E-state index >= 15 is 0 Å². The first-order valence-corrected chi connectivity index (χ1v) is 14.0. The van der Waals surface area contributed by atoms with Crippen molar-refractivity contribution in [3.05, 3.63) is 132 Å². The van der Waals surface area contributed by atoms with Gasteiger partial charge in [-0.05, 0) is 79.2 Å². The highest BCUT2D eigenvalue weighted by molar-refractivity contribution is 6.09. The van der Waals surface area contributed by atoms with E-state index in [2.05, 4.69) is 150 Å². The summed E-state index contributed by atoms with van der Waals surface area (Å²) in [5, 5.41) is 14.2. The molecule has 0 radical (unpaired) electrons. The summed E-state index contributed by atoms with van der Waals surface area (Å²) in [6.07, 6.45) is 2.22. The van der Waals surface area contributed by atoms with E-state index in [1.165, 1.54) is 55.0 Å². The number of fused-ring (bicyclic) bond motifs is 6. The summed E-state index contributed by atoms with van der Waals surface area (Å²) in [4.78, 5) is 0. The summed E-state index contributed by atoms with van der Waals surface area (Å²) in [6.45, 7) is 6.56. The molecule has 0 spiro atoms. The summed E-state index contributed by atoms with van der Waals surface area (Å²) in [5.41, 5.74) is 11.7. The molecule has 4 nitrogen and oxygen atoms in total. The van der Waals surface area contributed by atoms with Crippen LogP contribution in [-0.2, 0) is 0 Å². The Balaban J connectivity index is 1.32. The standard InChI is InChI=1S/C37H28N4/c1-23-20-24(2)35(25(3)21-23)32-22-40-36(38-39-37(40)31-13-5-4-10-28(31)32)26-16-18-27(19-17-26)41-33-14-8-6-11-29(33)30-12-7-9-15-34(30)41/h4-22H,1-3H3. The fraction of sp³-hybridized carbons (Fsp3) is 0.0811. The van der Waals surface area contributed by atoms with Crippen molar-refractivity contribution in [2.24, 2.45) is 0 Å². The SMILES string of the molecule is Cc1cc(C)c(-c2cn3c(-c4ccc(-n5c6ccccc6c6ccccc65)cc4)nnc3c3ccccc23)c(C)c1. The molecule has 4 heteroatoms. The maximum Gasteiger partial charge on any atom is 0.169 e. The fourth-order valence-electron chi connectivity index (χ4n) is 6.67. The molecule has 0 amide bonds. The quantitative estimate of drug-likeness (QED) is 0.229. The summed E-state index contributed by atoms with van der Waals surface area (Å²) in [6, 6.07) is 39.0. The zero-order valence-electron chi connectivity index (χ0n) is 23.3. The van der Waals surface area contributed by atoms with Crippen LogP contribution in [0.5, 0.6) is 0 Å². The molecular formula is C37H28N4. The Kier molecular flexibility index (Phi) is 5.13. The maximum absolute atomic E-state index is 4.71. The van der Waals surface area contributed by atoms with Gasteiger partial charge in [-0.25, -0.2) is 0 Å². The Hall–Kier alpha value is -5.22. The van der Waals surface area contributed by atoms with Crippen molar-refractivity contribution in [3.63, 3.8) is 0 Å². The third-order valence-corrected chi connectivity index (χ3v) is 8.32.